The Bertz CT molecular complexity index is 1320. The van der Waals surface area contributed by atoms with Crippen molar-refractivity contribution in [1.82, 2.24) is 9.80 Å². The van der Waals surface area contributed by atoms with Crippen molar-refractivity contribution < 1.29 is 0 Å². The summed E-state index contributed by atoms with van der Waals surface area (Å²) < 4.78 is 0. The molecule has 2 N–H and O–H groups in total. The van der Waals surface area contributed by atoms with Gasteiger partial charge in [-0.15, -0.1) is 0 Å². The van der Waals surface area contributed by atoms with Crippen LogP contribution in [-0.2, 0) is 0 Å². The molecule has 0 fully saturated rings. The summed E-state index contributed by atoms with van der Waals surface area (Å²) in [6.45, 7) is 8.41. The molecule has 2 atom stereocenters. The van der Waals surface area contributed by atoms with E-state index in [1.165, 1.54) is 0 Å². The smallest absolute Gasteiger partial charge is 0.173 e. The van der Waals surface area contributed by atoms with Crippen molar-refractivity contribution in [1.29, 1.82) is 0 Å². The molecule has 4 rings (SSSR count). The molecule has 0 spiro atoms. The first-order chi connectivity index (χ1) is 19.2. The Balaban J connectivity index is 1.76. The van der Waals surface area contributed by atoms with Gasteiger partial charge in [0.25, 0.3) is 0 Å². The number of hydrogen-bond acceptors (Lipinski definition) is 2. The summed E-state index contributed by atoms with van der Waals surface area (Å²) in [5.41, 5.74) is 9.00. The van der Waals surface area contributed by atoms with E-state index in [1.54, 1.807) is 0 Å². The van der Waals surface area contributed by atoms with Crippen LogP contribution in [0.3, 0.4) is 0 Å². The van der Waals surface area contributed by atoms with Crippen LogP contribution in [-0.4, -0.2) is 34.1 Å². The lowest BCUT2D eigenvalue weighted by Crippen LogP contribution is -2.45. The van der Waals surface area contributed by atoms with Crippen molar-refractivity contribution >= 4 is 46.0 Å². The molecule has 6 heteroatoms. The van der Waals surface area contributed by atoms with Crippen molar-refractivity contribution in [3.63, 3.8) is 0 Å². The maximum Gasteiger partial charge on any atom is 0.173 e. The number of likely N-dealkylation sites (N-methyl/N-ethyl adjacent to an activating group) is 2. The minimum absolute atomic E-state index is 0.143. The van der Waals surface area contributed by atoms with Gasteiger partial charge in [-0.05, 0) is 85.5 Å². The Morgan fingerprint density at radius 1 is 0.500 bits per heavy atom. The molecule has 0 saturated heterocycles. The van der Waals surface area contributed by atoms with E-state index in [2.05, 4.69) is 147 Å². The second-order valence-corrected chi connectivity index (χ2v) is 11.1. The second kappa shape index (κ2) is 13.1. The minimum Gasteiger partial charge on any atom is -0.343 e. The molecule has 0 aromatic heterocycles. The van der Waals surface area contributed by atoms with Gasteiger partial charge < -0.3 is 20.4 Å². The Morgan fingerprint density at radius 2 is 0.800 bits per heavy atom. The minimum atomic E-state index is -0.143. The van der Waals surface area contributed by atoms with E-state index in [0.717, 1.165) is 44.8 Å². The predicted octanol–water partition coefficient (Wildman–Crippen LogP) is 8.36. The van der Waals surface area contributed by atoms with Crippen LogP contribution in [0.2, 0.25) is 0 Å². The number of nitrogens with zero attached hydrogens (tertiary/aromatic N) is 2. The largest absolute Gasteiger partial charge is 0.343 e. The molecule has 0 heterocycles. The molecule has 4 aromatic rings. The van der Waals surface area contributed by atoms with Crippen molar-refractivity contribution in [3.8, 4) is 0 Å². The third kappa shape index (κ3) is 6.52. The van der Waals surface area contributed by atoms with E-state index < -0.39 is 0 Å². The number of anilines is 2. The van der Waals surface area contributed by atoms with Crippen molar-refractivity contribution in [2.24, 2.45) is 0 Å². The molecule has 40 heavy (non-hydrogen) atoms. The normalized spacial score (nSPS) is 12.2. The molecule has 0 aliphatic carbocycles. The Kier molecular flexibility index (Phi) is 9.56. The van der Waals surface area contributed by atoms with Crippen LogP contribution in [0.15, 0.2) is 97.1 Å². The van der Waals surface area contributed by atoms with Gasteiger partial charge in [0, 0.05) is 25.5 Å². The van der Waals surface area contributed by atoms with E-state index in [1.807, 2.05) is 12.1 Å². The number of benzene rings is 4. The topological polar surface area (TPSA) is 30.5 Å². The molecule has 0 amide bonds. The fourth-order valence-corrected chi connectivity index (χ4v) is 5.63. The SMILES string of the molecule is Cc1cccc(C)c1NC(=S)N(C)[C@H](c1ccccc1)[C@@H](c1ccccc1)N(C)C(=S)Nc1c(C)cccc1C. The highest BCUT2D eigenvalue weighted by atomic mass is 32.1. The number of aryl methyl sites for hydroxylation is 4. The number of hydrogen-bond donors (Lipinski definition) is 2. The summed E-state index contributed by atoms with van der Waals surface area (Å²) in [6, 6.07) is 33.3. The number of para-hydroxylation sites is 2. The summed E-state index contributed by atoms with van der Waals surface area (Å²) in [5, 5.41) is 8.39. The number of nitrogens with one attached hydrogen (secondary N) is 2. The fraction of sp³-hybridized carbons (Fsp3) is 0.235. The second-order valence-electron chi connectivity index (χ2n) is 10.3. The molecule has 4 nitrogen and oxygen atoms in total. The van der Waals surface area contributed by atoms with Crippen LogP contribution >= 0.6 is 24.4 Å². The average Bonchev–Trinajstić information content (AvgIpc) is 2.95. The van der Waals surface area contributed by atoms with Gasteiger partial charge in [0.2, 0.25) is 0 Å². The average molecular weight is 567 g/mol. The highest BCUT2D eigenvalue weighted by Gasteiger charge is 2.34. The predicted molar refractivity (Wildman–Crippen MR) is 178 cm³/mol. The van der Waals surface area contributed by atoms with Gasteiger partial charge in [0.15, 0.2) is 10.2 Å². The zero-order valence-corrected chi connectivity index (χ0v) is 25.7. The lowest BCUT2D eigenvalue weighted by atomic mass is 9.91. The summed E-state index contributed by atoms with van der Waals surface area (Å²) in [5.74, 6) is 0. The van der Waals surface area contributed by atoms with Crippen LogP contribution in [0.5, 0.6) is 0 Å². The van der Waals surface area contributed by atoms with Crippen molar-refractivity contribution in [2.45, 2.75) is 39.8 Å². The summed E-state index contributed by atoms with van der Waals surface area (Å²) in [4.78, 5) is 4.32. The third-order valence-corrected chi connectivity index (χ3v) is 8.26. The molecule has 0 radical (unpaired) electrons. The highest BCUT2D eigenvalue weighted by Crippen LogP contribution is 2.38. The molecule has 206 valence electrons. The van der Waals surface area contributed by atoms with E-state index >= 15 is 0 Å². The molecule has 0 aliphatic heterocycles. The highest BCUT2D eigenvalue weighted by molar-refractivity contribution is 7.80. The van der Waals surface area contributed by atoms with E-state index in [0.29, 0.717) is 10.2 Å². The first kappa shape index (κ1) is 29.2. The van der Waals surface area contributed by atoms with E-state index in [9.17, 15) is 0 Å². The zero-order chi connectivity index (χ0) is 28.8. The lowest BCUT2D eigenvalue weighted by Gasteiger charge is -2.42. The van der Waals surface area contributed by atoms with Crippen LogP contribution in [0.1, 0.15) is 45.5 Å². The van der Waals surface area contributed by atoms with E-state index in [4.69, 9.17) is 24.4 Å². The summed E-state index contributed by atoms with van der Waals surface area (Å²) in [7, 11) is 4.12. The van der Waals surface area contributed by atoms with E-state index in [-0.39, 0.29) is 12.1 Å². The van der Waals surface area contributed by atoms with Crippen LogP contribution in [0.25, 0.3) is 0 Å². The molecular weight excluding hydrogens is 529 g/mol. The van der Waals surface area contributed by atoms with Crippen molar-refractivity contribution in [3.05, 3.63) is 130 Å². The fourth-order valence-electron chi connectivity index (χ4n) is 5.20. The molecule has 0 unspecified atom stereocenters. The van der Waals surface area contributed by atoms with Gasteiger partial charge in [0.1, 0.15) is 0 Å². The zero-order valence-electron chi connectivity index (χ0n) is 24.1. The van der Waals surface area contributed by atoms with Crippen molar-refractivity contribution in [2.75, 3.05) is 24.7 Å². The quantitative estimate of drug-likeness (QED) is 0.219. The summed E-state index contributed by atoms with van der Waals surface area (Å²) in [6.07, 6.45) is 0. The van der Waals surface area contributed by atoms with Gasteiger partial charge in [-0.3, -0.25) is 0 Å². The Labute approximate surface area is 250 Å². The molecular formula is C34H38N4S2. The Morgan fingerprint density at radius 3 is 1.10 bits per heavy atom. The standard InChI is InChI=1S/C34H38N4S2/c1-23-15-13-16-24(2)29(23)35-33(39)37(5)31(27-19-9-7-10-20-27)32(28-21-11-8-12-22-28)38(6)34(40)36-30-25(3)17-14-18-26(30)4/h7-22,31-32H,1-6H3,(H,35,39)(H,36,40)/t31-,32-/m1/s1. The maximum absolute atomic E-state index is 6.06. The molecule has 0 aliphatic rings. The molecule has 4 aromatic carbocycles. The number of rotatable bonds is 7. The van der Waals surface area contributed by atoms with Crippen LogP contribution in [0, 0.1) is 27.7 Å². The maximum atomic E-state index is 6.06. The van der Waals surface area contributed by atoms with Gasteiger partial charge in [0.05, 0.1) is 12.1 Å². The van der Waals surface area contributed by atoms with Crippen LogP contribution < -0.4 is 10.6 Å². The third-order valence-electron chi connectivity index (χ3n) is 7.48. The Hall–Kier alpha value is -3.74. The monoisotopic (exact) mass is 566 g/mol. The molecule has 0 bridgehead atoms. The number of thiocarbonyl (C=S) groups is 2. The molecule has 0 saturated carbocycles. The van der Waals surface area contributed by atoms with Gasteiger partial charge >= 0.3 is 0 Å². The van der Waals surface area contributed by atoms with Gasteiger partial charge in [-0.1, -0.05) is 97.1 Å². The first-order valence-corrected chi connectivity index (χ1v) is 14.3. The first-order valence-electron chi connectivity index (χ1n) is 13.5. The lowest BCUT2D eigenvalue weighted by molar-refractivity contribution is 0.221. The summed E-state index contributed by atoms with van der Waals surface area (Å²) >= 11 is 12.1. The van der Waals surface area contributed by atoms with Gasteiger partial charge in [-0.25, -0.2) is 0 Å². The van der Waals surface area contributed by atoms with Crippen LogP contribution in [0.4, 0.5) is 11.4 Å². The van der Waals surface area contributed by atoms with Gasteiger partial charge in [-0.2, -0.15) is 0 Å².